The van der Waals surface area contributed by atoms with Crippen molar-refractivity contribution in [1.82, 2.24) is 19.3 Å². The summed E-state index contributed by atoms with van der Waals surface area (Å²) in [6.45, 7) is 3.92. The van der Waals surface area contributed by atoms with Gasteiger partial charge in [0.15, 0.2) is 5.82 Å². The summed E-state index contributed by atoms with van der Waals surface area (Å²) in [7, 11) is -3.34. The van der Waals surface area contributed by atoms with Gasteiger partial charge in [0.2, 0.25) is 10.0 Å². The van der Waals surface area contributed by atoms with E-state index < -0.39 is 15.3 Å². The summed E-state index contributed by atoms with van der Waals surface area (Å²) in [5.41, 5.74) is 0.643. The summed E-state index contributed by atoms with van der Waals surface area (Å²) in [4.78, 5) is 13.0. The highest BCUT2D eigenvalue weighted by Crippen LogP contribution is 2.37. The highest BCUT2D eigenvalue weighted by atomic mass is 32.2. The molecule has 1 N–H and O–H groups in total. The fourth-order valence-electron chi connectivity index (χ4n) is 2.84. The molecule has 0 aromatic carbocycles. The predicted octanol–water partition coefficient (Wildman–Crippen LogP) is 2.49. The lowest BCUT2D eigenvalue weighted by Crippen LogP contribution is -2.36. The van der Waals surface area contributed by atoms with Crippen LogP contribution in [0.4, 0.5) is 11.6 Å². The van der Waals surface area contributed by atoms with Crippen molar-refractivity contribution in [3.63, 3.8) is 0 Å². The summed E-state index contributed by atoms with van der Waals surface area (Å²) in [6.07, 6.45) is 6.42. The quantitative estimate of drug-likeness (QED) is 0.894. The summed E-state index contributed by atoms with van der Waals surface area (Å²) in [5.74, 6) is 1.20. The minimum atomic E-state index is -3.34. The Kier molecular flexibility index (Phi) is 4.77. The van der Waals surface area contributed by atoms with Crippen LogP contribution in [0, 0.1) is 0 Å². The third-order valence-corrected chi connectivity index (χ3v) is 6.36. The Morgan fingerprint density at radius 3 is 2.67 bits per heavy atom. The van der Waals surface area contributed by atoms with E-state index >= 15 is 0 Å². The normalized spacial score (nSPS) is 18.9. The van der Waals surface area contributed by atoms with Crippen molar-refractivity contribution in [2.45, 2.75) is 38.0 Å². The highest BCUT2D eigenvalue weighted by Gasteiger charge is 2.38. The number of nitrogens with one attached hydrogen (secondary N) is 1. The Morgan fingerprint density at radius 1 is 1.17 bits per heavy atom. The Morgan fingerprint density at radius 2 is 1.96 bits per heavy atom. The van der Waals surface area contributed by atoms with Crippen LogP contribution in [-0.2, 0) is 10.0 Å². The minimum Gasteiger partial charge on any atom is -0.323 e. The molecule has 7 nitrogen and oxygen atoms in total. The zero-order chi connectivity index (χ0) is 17.2. The van der Waals surface area contributed by atoms with Crippen LogP contribution in [-0.4, -0.2) is 39.5 Å². The van der Waals surface area contributed by atoms with Gasteiger partial charge < -0.3 is 5.32 Å². The van der Waals surface area contributed by atoms with Crippen molar-refractivity contribution in [1.29, 1.82) is 0 Å². The van der Waals surface area contributed by atoms with Crippen LogP contribution in [0.1, 0.15) is 38.4 Å². The van der Waals surface area contributed by atoms with E-state index in [0.717, 1.165) is 12.8 Å². The van der Waals surface area contributed by atoms with Crippen LogP contribution in [0.15, 0.2) is 36.8 Å². The molecule has 8 heteroatoms. The number of aromatic nitrogens is 3. The molecule has 1 fully saturated rings. The minimum absolute atomic E-state index is 0.294. The molecular formula is C16H21N5O2S. The van der Waals surface area contributed by atoms with Crippen molar-refractivity contribution in [3.8, 4) is 0 Å². The zero-order valence-corrected chi connectivity index (χ0v) is 14.6. The fourth-order valence-corrected chi connectivity index (χ4v) is 4.32. The molecule has 1 aliphatic rings. The van der Waals surface area contributed by atoms with Crippen LogP contribution >= 0.6 is 0 Å². The van der Waals surface area contributed by atoms with Gasteiger partial charge in [-0.25, -0.2) is 18.4 Å². The SMILES string of the molecule is CC(C)S(=O)(=O)N1CCC[C@H]1c1nccnc1Nc1ccccn1. The topological polar surface area (TPSA) is 88.1 Å². The van der Waals surface area contributed by atoms with Crippen LogP contribution in [0.5, 0.6) is 0 Å². The summed E-state index contributed by atoms with van der Waals surface area (Å²) >= 11 is 0. The first-order valence-electron chi connectivity index (χ1n) is 8.00. The molecular weight excluding hydrogens is 326 g/mol. The summed E-state index contributed by atoms with van der Waals surface area (Å²) in [5, 5.41) is 2.69. The average Bonchev–Trinajstić information content (AvgIpc) is 3.06. The number of hydrogen-bond acceptors (Lipinski definition) is 6. The van der Waals surface area contributed by atoms with E-state index in [1.54, 1.807) is 36.7 Å². The Labute approximate surface area is 142 Å². The maximum Gasteiger partial charge on any atom is 0.217 e. The summed E-state index contributed by atoms with van der Waals surface area (Å²) < 4.78 is 26.8. The first kappa shape index (κ1) is 16.8. The zero-order valence-electron chi connectivity index (χ0n) is 13.8. The molecule has 0 saturated carbocycles. The van der Waals surface area contributed by atoms with Crippen LogP contribution < -0.4 is 5.32 Å². The van der Waals surface area contributed by atoms with E-state index in [2.05, 4.69) is 20.3 Å². The van der Waals surface area contributed by atoms with Gasteiger partial charge in [-0.15, -0.1) is 0 Å². The van der Waals surface area contributed by atoms with Gasteiger partial charge in [0.05, 0.1) is 11.3 Å². The number of rotatable bonds is 5. The van der Waals surface area contributed by atoms with Gasteiger partial charge in [0, 0.05) is 25.1 Å². The van der Waals surface area contributed by atoms with Crippen molar-refractivity contribution in [2.75, 3.05) is 11.9 Å². The number of hydrogen-bond donors (Lipinski definition) is 1. The first-order chi connectivity index (χ1) is 11.5. The van der Waals surface area contributed by atoms with Gasteiger partial charge in [-0.05, 0) is 38.8 Å². The van der Waals surface area contributed by atoms with Gasteiger partial charge in [-0.2, -0.15) is 4.31 Å². The number of anilines is 2. The van der Waals surface area contributed by atoms with E-state index in [9.17, 15) is 8.42 Å². The van der Waals surface area contributed by atoms with Crippen molar-refractivity contribution in [2.24, 2.45) is 0 Å². The molecule has 1 saturated heterocycles. The molecule has 0 unspecified atom stereocenters. The van der Waals surface area contributed by atoms with Crippen LogP contribution in [0.2, 0.25) is 0 Å². The van der Waals surface area contributed by atoms with E-state index in [4.69, 9.17) is 0 Å². The lowest BCUT2D eigenvalue weighted by molar-refractivity contribution is 0.386. The molecule has 0 aliphatic carbocycles. The summed E-state index contributed by atoms with van der Waals surface area (Å²) in [6, 6.07) is 5.24. The third-order valence-electron chi connectivity index (χ3n) is 4.08. The molecule has 1 atom stereocenters. The molecule has 2 aromatic rings. The third kappa shape index (κ3) is 3.25. The molecule has 0 bridgehead atoms. The van der Waals surface area contributed by atoms with Crippen molar-refractivity contribution < 1.29 is 8.42 Å². The second kappa shape index (κ2) is 6.82. The van der Waals surface area contributed by atoms with Gasteiger partial charge in [0.25, 0.3) is 0 Å². The second-order valence-corrected chi connectivity index (χ2v) is 8.43. The molecule has 0 amide bonds. The fraction of sp³-hybridized carbons (Fsp3) is 0.438. The van der Waals surface area contributed by atoms with E-state index in [-0.39, 0.29) is 6.04 Å². The first-order valence-corrected chi connectivity index (χ1v) is 9.50. The van der Waals surface area contributed by atoms with Crippen molar-refractivity contribution in [3.05, 3.63) is 42.5 Å². The lowest BCUT2D eigenvalue weighted by atomic mass is 10.1. The van der Waals surface area contributed by atoms with Gasteiger partial charge in [-0.1, -0.05) is 6.07 Å². The molecule has 0 radical (unpaired) electrons. The van der Waals surface area contributed by atoms with Crippen LogP contribution in [0.3, 0.4) is 0 Å². The Bertz CT molecular complexity index is 795. The van der Waals surface area contributed by atoms with E-state index in [1.165, 1.54) is 0 Å². The van der Waals surface area contributed by atoms with Crippen LogP contribution in [0.25, 0.3) is 0 Å². The Hall–Kier alpha value is -2.06. The van der Waals surface area contributed by atoms with E-state index in [0.29, 0.717) is 23.9 Å². The maximum absolute atomic E-state index is 12.6. The number of pyridine rings is 1. The molecule has 2 aromatic heterocycles. The molecule has 128 valence electrons. The number of sulfonamides is 1. The largest absolute Gasteiger partial charge is 0.323 e. The molecule has 1 aliphatic heterocycles. The Balaban J connectivity index is 1.95. The number of nitrogens with zero attached hydrogens (tertiary/aromatic N) is 4. The lowest BCUT2D eigenvalue weighted by Gasteiger charge is -2.26. The predicted molar refractivity (Wildman–Crippen MR) is 92.3 cm³/mol. The van der Waals surface area contributed by atoms with Crippen molar-refractivity contribution >= 4 is 21.7 Å². The van der Waals surface area contributed by atoms with Gasteiger partial charge in [0.1, 0.15) is 11.5 Å². The molecule has 3 heterocycles. The molecule has 24 heavy (non-hydrogen) atoms. The molecule has 3 rings (SSSR count). The second-order valence-electron chi connectivity index (χ2n) is 5.99. The highest BCUT2D eigenvalue weighted by molar-refractivity contribution is 7.89. The maximum atomic E-state index is 12.6. The molecule has 0 spiro atoms. The monoisotopic (exact) mass is 347 g/mol. The smallest absolute Gasteiger partial charge is 0.217 e. The van der Waals surface area contributed by atoms with Gasteiger partial charge >= 0.3 is 0 Å². The van der Waals surface area contributed by atoms with E-state index in [1.807, 2.05) is 18.2 Å². The van der Waals surface area contributed by atoms with Gasteiger partial charge in [-0.3, -0.25) is 4.98 Å². The average molecular weight is 347 g/mol. The standard InChI is InChI=1S/C16H21N5O2S/c1-12(2)24(22,23)21-11-5-6-13(21)15-16(19-10-9-18-15)20-14-7-3-4-8-17-14/h3-4,7-10,12-13H,5-6,11H2,1-2H3,(H,17,19,20)/t13-/m0/s1.